The first-order chi connectivity index (χ1) is 11.7. The van der Waals surface area contributed by atoms with Crippen LogP contribution in [0.15, 0.2) is 24.3 Å². The molecule has 1 fully saturated rings. The van der Waals surface area contributed by atoms with Crippen LogP contribution >= 0.6 is 0 Å². The minimum Gasteiger partial charge on any atom is -0.444 e. The normalized spacial score (nSPS) is 20.4. The van der Waals surface area contributed by atoms with Gasteiger partial charge in [-0.3, -0.25) is 9.69 Å². The Hall–Kier alpha value is -2.15. The van der Waals surface area contributed by atoms with E-state index in [1.807, 2.05) is 0 Å². The van der Waals surface area contributed by atoms with Crippen LogP contribution in [0.5, 0.6) is 0 Å². The van der Waals surface area contributed by atoms with Gasteiger partial charge in [-0.15, -0.1) is 0 Å². The van der Waals surface area contributed by atoms with E-state index in [0.717, 1.165) is 5.56 Å². The Morgan fingerprint density at radius 2 is 1.96 bits per heavy atom. The zero-order chi connectivity index (χ0) is 18.6. The van der Waals surface area contributed by atoms with E-state index in [2.05, 4.69) is 5.32 Å². The van der Waals surface area contributed by atoms with Crippen molar-refractivity contribution in [1.82, 2.24) is 10.2 Å². The second-order valence-corrected chi connectivity index (χ2v) is 7.21. The van der Waals surface area contributed by atoms with Gasteiger partial charge in [0.2, 0.25) is 5.91 Å². The molecule has 2 N–H and O–H groups in total. The first-order valence-electron chi connectivity index (χ1n) is 8.35. The molecular weight excluding hydrogens is 327 g/mol. The van der Waals surface area contributed by atoms with Crippen LogP contribution in [-0.2, 0) is 16.0 Å². The Bertz CT molecular complexity index is 612. The van der Waals surface area contributed by atoms with Crippen molar-refractivity contribution < 1.29 is 23.8 Å². The van der Waals surface area contributed by atoms with Crippen molar-refractivity contribution in [1.29, 1.82) is 0 Å². The molecule has 25 heavy (non-hydrogen) atoms. The van der Waals surface area contributed by atoms with Gasteiger partial charge in [0.05, 0.1) is 12.6 Å². The molecule has 0 unspecified atom stereocenters. The molecule has 1 aromatic carbocycles. The molecule has 1 aliphatic heterocycles. The number of nitrogens with zero attached hydrogens (tertiary/aromatic N) is 1. The molecule has 0 aromatic heterocycles. The fourth-order valence-corrected chi connectivity index (χ4v) is 2.68. The van der Waals surface area contributed by atoms with Crippen LogP contribution in [0.3, 0.4) is 0 Å². The Morgan fingerprint density at radius 3 is 2.56 bits per heavy atom. The van der Waals surface area contributed by atoms with Crippen molar-refractivity contribution in [3.8, 4) is 0 Å². The Balaban J connectivity index is 1.89. The molecule has 2 rings (SSSR count). The maximum Gasteiger partial charge on any atom is 0.411 e. The average Bonchev–Trinajstić information content (AvgIpc) is 2.90. The fourth-order valence-electron chi connectivity index (χ4n) is 2.68. The maximum absolute atomic E-state index is 12.9. The lowest BCUT2D eigenvalue weighted by atomic mass is 10.1. The molecule has 1 heterocycles. The monoisotopic (exact) mass is 352 g/mol. The highest BCUT2D eigenvalue weighted by molar-refractivity contribution is 5.86. The van der Waals surface area contributed by atoms with Crippen LogP contribution in [0.4, 0.5) is 9.18 Å². The molecule has 0 aliphatic carbocycles. The van der Waals surface area contributed by atoms with Crippen LogP contribution in [0.2, 0.25) is 0 Å². The average molecular weight is 352 g/mol. The highest BCUT2D eigenvalue weighted by Gasteiger charge is 2.40. The standard InChI is InChI=1S/C18H25FN2O4/c1-18(2,3)25-17(24)21-11-14(22)10-15(21)16(23)20-9-8-12-4-6-13(19)7-5-12/h4-7,14-15,22H,8-11H2,1-3H3,(H,20,23)/t14-,15-/m0/s1. The number of amides is 2. The largest absolute Gasteiger partial charge is 0.444 e. The summed E-state index contributed by atoms with van der Waals surface area (Å²) in [6, 6.07) is 5.31. The number of carbonyl (C=O) groups is 2. The minimum atomic E-state index is -0.752. The molecule has 1 saturated heterocycles. The Morgan fingerprint density at radius 1 is 1.32 bits per heavy atom. The van der Waals surface area contributed by atoms with Crippen molar-refractivity contribution in [3.63, 3.8) is 0 Å². The van der Waals surface area contributed by atoms with Crippen molar-refractivity contribution in [2.75, 3.05) is 13.1 Å². The summed E-state index contributed by atoms with van der Waals surface area (Å²) >= 11 is 0. The summed E-state index contributed by atoms with van der Waals surface area (Å²) in [5.74, 6) is -0.634. The molecule has 1 aromatic rings. The van der Waals surface area contributed by atoms with Gasteiger partial charge in [-0.1, -0.05) is 12.1 Å². The molecule has 7 heteroatoms. The molecule has 0 radical (unpaired) electrons. The first kappa shape index (κ1) is 19.2. The fraction of sp³-hybridized carbons (Fsp3) is 0.556. The van der Waals surface area contributed by atoms with Crippen LogP contribution in [0, 0.1) is 5.82 Å². The minimum absolute atomic E-state index is 0.0744. The van der Waals surface area contributed by atoms with Gasteiger partial charge >= 0.3 is 6.09 Å². The number of rotatable bonds is 4. The number of benzene rings is 1. The number of nitrogens with one attached hydrogen (secondary N) is 1. The van der Waals surface area contributed by atoms with Crippen LogP contribution in [0.25, 0.3) is 0 Å². The molecule has 0 saturated carbocycles. The number of hydrogen-bond acceptors (Lipinski definition) is 4. The number of aliphatic hydroxyl groups is 1. The van der Waals surface area contributed by atoms with E-state index in [0.29, 0.717) is 13.0 Å². The number of hydrogen-bond donors (Lipinski definition) is 2. The van der Waals surface area contributed by atoms with Crippen molar-refractivity contribution in [3.05, 3.63) is 35.6 Å². The lowest BCUT2D eigenvalue weighted by molar-refractivity contribution is -0.125. The van der Waals surface area contributed by atoms with Gasteiger partial charge < -0.3 is 15.2 Å². The lowest BCUT2D eigenvalue weighted by Gasteiger charge is -2.27. The highest BCUT2D eigenvalue weighted by Crippen LogP contribution is 2.21. The lowest BCUT2D eigenvalue weighted by Crippen LogP contribution is -2.47. The van der Waals surface area contributed by atoms with Crippen LogP contribution in [-0.4, -0.2) is 52.8 Å². The number of likely N-dealkylation sites (tertiary alicyclic amines) is 1. The summed E-state index contributed by atoms with van der Waals surface area (Å²) in [5, 5.41) is 12.6. The zero-order valence-corrected chi connectivity index (χ0v) is 14.8. The third-order valence-corrected chi connectivity index (χ3v) is 3.84. The van der Waals surface area contributed by atoms with Crippen molar-refractivity contribution in [2.24, 2.45) is 0 Å². The van der Waals surface area contributed by atoms with E-state index < -0.39 is 23.8 Å². The number of halogens is 1. The number of β-amino-alcohol motifs (C(OH)–C–C–N with tert-alkyl or cyclic N) is 1. The third-order valence-electron chi connectivity index (χ3n) is 3.84. The molecule has 0 spiro atoms. The first-order valence-corrected chi connectivity index (χ1v) is 8.35. The van der Waals surface area contributed by atoms with E-state index in [-0.39, 0.29) is 24.7 Å². The smallest absolute Gasteiger partial charge is 0.411 e. The SMILES string of the molecule is CC(C)(C)OC(=O)N1C[C@@H](O)C[C@H]1C(=O)NCCc1ccc(F)cc1. The summed E-state index contributed by atoms with van der Waals surface area (Å²) < 4.78 is 18.2. The van der Waals surface area contributed by atoms with E-state index in [4.69, 9.17) is 4.74 Å². The molecular formula is C18H25FN2O4. The number of aliphatic hydroxyl groups excluding tert-OH is 1. The van der Waals surface area contributed by atoms with Gasteiger partial charge in [0.15, 0.2) is 0 Å². The van der Waals surface area contributed by atoms with Crippen LogP contribution < -0.4 is 5.32 Å². The molecule has 2 atom stereocenters. The maximum atomic E-state index is 12.9. The third kappa shape index (κ3) is 5.70. The zero-order valence-electron chi connectivity index (χ0n) is 14.8. The molecule has 2 amide bonds. The van der Waals surface area contributed by atoms with Gasteiger partial charge in [0.1, 0.15) is 17.5 Å². The van der Waals surface area contributed by atoms with E-state index in [1.54, 1.807) is 32.9 Å². The van der Waals surface area contributed by atoms with E-state index in [1.165, 1.54) is 17.0 Å². The second-order valence-electron chi connectivity index (χ2n) is 7.21. The highest BCUT2D eigenvalue weighted by atomic mass is 19.1. The van der Waals surface area contributed by atoms with Gasteiger partial charge in [0.25, 0.3) is 0 Å². The number of ether oxygens (including phenoxy) is 1. The topological polar surface area (TPSA) is 78.9 Å². The molecule has 138 valence electrons. The predicted octanol–water partition coefficient (Wildman–Crippen LogP) is 1.85. The van der Waals surface area contributed by atoms with Gasteiger partial charge in [0, 0.05) is 13.0 Å². The Kier molecular flexibility index (Phi) is 6.00. The van der Waals surface area contributed by atoms with Crippen molar-refractivity contribution >= 4 is 12.0 Å². The van der Waals surface area contributed by atoms with Crippen LogP contribution in [0.1, 0.15) is 32.8 Å². The summed E-state index contributed by atoms with van der Waals surface area (Å²) in [4.78, 5) is 25.9. The quantitative estimate of drug-likeness (QED) is 0.867. The van der Waals surface area contributed by atoms with E-state index >= 15 is 0 Å². The summed E-state index contributed by atoms with van der Waals surface area (Å²) in [6.07, 6.45) is -0.627. The summed E-state index contributed by atoms with van der Waals surface area (Å²) in [6.45, 7) is 5.67. The molecule has 1 aliphatic rings. The predicted molar refractivity (Wildman–Crippen MR) is 90.5 cm³/mol. The summed E-state index contributed by atoms with van der Waals surface area (Å²) in [7, 11) is 0. The summed E-state index contributed by atoms with van der Waals surface area (Å²) in [5.41, 5.74) is 0.228. The van der Waals surface area contributed by atoms with Crippen molar-refractivity contribution in [2.45, 2.75) is 51.4 Å². The van der Waals surface area contributed by atoms with E-state index in [9.17, 15) is 19.1 Å². The van der Waals surface area contributed by atoms with Gasteiger partial charge in [-0.05, 0) is 44.9 Å². The second kappa shape index (κ2) is 7.82. The Labute approximate surface area is 147 Å². The van der Waals surface area contributed by atoms with Gasteiger partial charge in [-0.25, -0.2) is 9.18 Å². The molecule has 0 bridgehead atoms. The molecule has 6 nitrogen and oxygen atoms in total. The van der Waals surface area contributed by atoms with Gasteiger partial charge in [-0.2, -0.15) is 0 Å². The number of carbonyl (C=O) groups excluding carboxylic acids is 2.